The maximum absolute atomic E-state index is 11.5. The van der Waals surface area contributed by atoms with Crippen molar-refractivity contribution in [3.63, 3.8) is 0 Å². The van der Waals surface area contributed by atoms with Crippen LogP contribution in [0.5, 0.6) is 0 Å². The van der Waals surface area contributed by atoms with Crippen LogP contribution in [0.1, 0.15) is 32.1 Å². The highest BCUT2D eigenvalue weighted by atomic mass is 16.1. The third kappa shape index (κ3) is 2.79. The van der Waals surface area contributed by atoms with E-state index in [1.165, 1.54) is 13.0 Å². The number of Topliss-reactive ketones (excluding diaryl/α,β-unsaturated/α-hetero) is 1. The molecule has 2 rings (SSSR count). The molecule has 3 heteroatoms. The van der Waals surface area contributed by atoms with Crippen LogP contribution in [0.4, 0.5) is 0 Å². The Kier molecular flexibility index (Phi) is 3.76. The first-order valence-corrected chi connectivity index (χ1v) is 6.24. The van der Waals surface area contributed by atoms with E-state index in [0.29, 0.717) is 17.6 Å². The largest absolute Gasteiger partial charge is 0.330 e. The fraction of sp³-hybridized carbons (Fsp3) is 0.917. The van der Waals surface area contributed by atoms with Gasteiger partial charge in [0.1, 0.15) is 5.78 Å². The van der Waals surface area contributed by atoms with Crippen molar-refractivity contribution in [2.45, 2.75) is 32.1 Å². The first-order valence-electron chi connectivity index (χ1n) is 6.24. The van der Waals surface area contributed by atoms with Crippen LogP contribution in [0.2, 0.25) is 0 Å². The van der Waals surface area contributed by atoms with Crippen LogP contribution in [-0.2, 0) is 4.79 Å². The normalized spacial score (nSPS) is 32.7. The Morgan fingerprint density at radius 2 is 2.27 bits per heavy atom. The summed E-state index contributed by atoms with van der Waals surface area (Å²) >= 11 is 0. The first-order chi connectivity index (χ1) is 7.29. The van der Waals surface area contributed by atoms with Crippen molar-refractivity contribution in [1.29, 1.82) is 0 Å². The topological polar surface area (TPSA) is 46.3 Å². The Bertz CT molecular complexity index is 230. The van der Waals surface area contributed by atoms with Crippen LogP contribution < -0.4 is 5.73 Å². The van der Waals surface area contributed by atoms with E-state index in [2.05, 4.69) is 4.90 Å². The van der Waals surface area contributed by atoms with E-state index in [1.807, 2.05) is 0 Å². The van der Waals surface area contributed by atoms with Gasteiger partial charge in [0.2, 0.25) is 0 Å². The van der Waals surface area contributed by atoms with Gasteiger partial charge in [-0.1, -0.05) is 0 Å². The predicted octanol–water partition coefficient (Wildman–Crippen LogP) is 1.03. The van der Waals surface area contributed by atoms with E-state index in [9.17, 15) is 4.79 Å². The summed E-state index contributed by atoms with van der Waals surface area (Å²) in [5.74, 6) is 1.58. The van der Waals surface area contributed by atoms with E-state index < -0.39 is 0 Å². The molecule has 0 aromatic heterocycles. The first kappa shape index (κ1) is 11.1. The molecule has 0 bridgehead atoms. The number of hydrogen-bond acceptors (Lipinski definition) is 3. The summed E-state index contributed by atoms with van der Waals surface area (Å²) in [4.78, 5) is 13.9. The van der Waals surface area contributed by atoms with Gasteiger partial charge in [0.05, 0.1) is 0 Å². The number of hydrogen-bond donors (Lipinski definition) is 1. The van der Waals surface area contributed by atoms with Crippen molar-refractivity contribution < 1.29 is 4.79 Å². The monoisotopic (exact) mass is 210 g/mol. The molecule has 1 saturated carbocycles. The van der Waals surface area contributed by atoms with Crippen molar-refractivity contribution in [2.75, 3.05) is 26.2 Å². The minimum absolute atomic E-state index is 0.377. The van der Waals surface area contributed by atoms with Crippen LogP contribution in [-0.4, -0.2) is 36.9 Å². The molecule has 2 aliphatic rings. The van der Waals surface area contributed by atoms with Gasteiger partial charge in [-0.2, -0.15) is 0 Å². The minimum atomic E-state index is 0.377. The van der Waals surface area contributed by atoms with Crippen LogP contribution in [0.15, 0.2) is 0 Å². The Morgan fingerprint density at radius 3 is 2.87 bits per heavy atom. The fourth-order valence-corrected chi connectivity index (χ4v) is 2.84. The standard InChI is InChI=1S/C12H22N2O/c13-8-10-4-6-14(9-10)7-5-11-2-1-3-12(11)15/h10-11H,1-9,13H2. The zero-order valence-corrected chi connectivity index (χ0v) is 9.45. The summed E-state index contributed by atoms with van der Waals surface area (Å²) in [6.07, 6.45) is 5.41. The van der Waals surface area contributed by atoms with Gasteiger partial charge in [0.25, 0.3) is 0 Å². The summed E-state index contributed by atoms with van der Waals surface area (Å²) < 4.78 is 0. The average molecular weight is 210 g/mol. The molecular weight excluding hydrogens is 188 g/mol. The zero-order chi connectivity index (χ0) is 10.7. The molecule has 3 nitrogen and oxygen atoms in total. The summed E-state index contributed by atoms with van der Waals surface area (Å²) in [5.41, 5.74) is 5.66. The molecule has 0 radical (unpaired) electrons. The molecule has 1 aliphatic carbocycles. The number of nitrogens with zero attached hydrogens (tertiary/aromatic N) is 1. The van der Waals surface area contributed by atoms with Crippen LogP contribution >= 0.6 is 0 Å². The summed E-state index contributed by atoms with van der Waals surface area (Å²) in [6.45, 7) is 4.26. The molecule has 1 aliphatic heterocycles. The highest BCUT2D eigenvalue weighted by molar-refractivity contribution is 5.82. The molecule has 2 fully saturated rings. The molecule has 1 saturated heterocycles. The summed E-state index contributed by atoms with van der Waals surface area (Å²) in [6, 6.07) is 0. The van der Waals surface area contributed by atoms with Gasteiger partial charge < -0.3 is 10.6 Å². The molecule has 0 aromatic carbocycles. The fourth-order valence-electron chi connectivity index (χ4n) is 2.84. The highest BCUT2D eigenvalue weighted by Gasteiger charge is 2.26. The molecular formula is C12H22N2O. The van der Waals surface area contributed by atoms with Crippen LogP contribution in [0.3, 0.4) is 0 Å². The molecule has 0 spiro atoms. The van der Waals surface area contributed by atoms with Gasteiger partial charge >= 0.3 is 0 Å². The SMILES string of the molecule is NCC1CCN(CCC2CCCC2=O)C1. The lowest BCUT2D eigenvalue weighted by Gasteiger charge is -2.17. The van der Waals surface area contributed by atoms with E-state index in [-0.39, 0.29) is 0 Å². The van der Waals surface area contributed by atoms with Crippen molar-refractivity contribution in [1.82, 2.24) is 4.90 Å². The lowest BCUT2D eigenvalue weighted by molar-refractivity contribution is -0.120. The smallest absolute Gasteiger partial charge is 0.136 e. The number of likely N-dealkylation sites (tertiary alicyclic amines) is 1. The number of ketones is 1. The lowest BCUT2D eigenvalue weighted by Crippen LogP contribution is -2.26. The van der Waals surface area contributed by atoms with Gasteiger partial charge in [0, 0.05) is 18.9 Å². The molecule has 2 unspecified atom stereocenters. The Morgan fingerprint density at radius 1 is 1.40 bits per heavy atom. The van der Waals surface area contributed by atoms with Gasteiger partial charge in [0.15, 0.2) is 0 Å². The summed E-state index contributed by atoms with van der Waals surface area (Å²) in [7, 11) is 0. The minimum Gasteiger partial charge on any atom is -0.330 e. The Labute approximate surface area is 92.0 Å². The van der Waals surface area contributed by atoms with Gasteiger partial charge in [-0.15, -0.1) is 0 Å². The quantitative estimate of drug-likeness (QED) is 0.753. The van der Waals surface area contributed by atoms with Crippen LogP contribution in [0.25, 0.3) is 0 Å². The highest BCUT2D eigenvalue weighted by Crippen LogP contribution is 2.25. The van der Waals surface area contributed by atoms with Crippen LogP contribution in [0, 0.1) is 11.8 Å². The number of rotatable bonds is 4. The van der Waals surface area contributed by atoms with Crippen molar-refractivity contribution in [3.8, 4) is 0 Å². The predicted molar refractivity (Wildman–Crippen MR) is 60.6 cm³/mol. The third-order valence-corrected chi connectivity index (χ3v) is 3.93. The maximum atomic E-state index is 11.5. The maximum Gasteiger partial charge on any atom is 0.136 e. The second-order valence-electron chi connectivity index (χ2n) is 5.04. The van der Waals surface area contributed by atoms with E-state index in [1.54, 1.807) is 0 Å². The van der Waals surface area contributed by atoms with Gasteiger partial charge in [-0.05, 0) is 51.2 Å². The zero-order valence-electron chi connectivity index (χ0n) is 9.45. The number of carbonyl (C=O) groups is 1. The second kappa shape index (κ2) is 5.08. The van der Waals surface area contributed by atoms with Gasteiger partial charge in [-0.25, -0.2) is 0 Å². The van der Waals surface area contributed by atoms with E-state index >= 15 is 0 Å². The van der Waals surface area contributed by atoms with E-state index in [4.69, 9.17) is 5.73 Å². The number of carbonyl (C=O) groups excluding carboxylic acids is 1. The molecule has 2 N–H and O–H groups in total. The third-order valence-electron chi connectivity index (χ3n) is 3.93. The second-order valence-corrected chi connectivity index (χ2v) is 5.04. The lowest BCUT2D eigenvalue weighted by atomic mass is 10.0. The van der Waals surface area contributed by atoms with Crippen molar-refractivity contribution in [2.24, 2.45) is 17.6 Å². The molecule has 0 amide bonds. The molecule has 86 valence electrons. The Balaban J connectivity index is 1.68. The average Bonchev–Trinajstić information content (AvgIpc) is 2.84. The molecule has 15 heavy (non-hydrogen) atoms. The Hall–Kier alpha value is -0.410. The number of nitrogens with two attached hydrogens (primary N) is 1. The van der Waals surface area contributed by atoms with Gasteiger partial charge in [-0.3, -0.25) is 4.79 Å². The summed E-state index contributed by atoms with van der Waals surface area (Å²) in [5, 5.41) is 0. The van der Waals surface area contributed by atoms with E-state index in [0.717, 1.165) is 45.3 Å². The van der Waals surface area contributed by atoms with Crippen molar-refractivity contribution >= 4 is 5.78 Å². The van der Waals surface area contributed by atoms with Crippen molar-refractivity contribution in [3.05, 3.63) is 0 Å². The molecule has 2 atom stereocenters. The molecule has 0 aromatic rings. The molecule has 1 heterocycles.